The smallest absolute Gasteiger partial charge is 0.345 e. The van der Waals surface area contributed by atoms with Crippen LogP contribution in [0.1, 0.15) is 20.8 Å². The molecule has 2 aliphatic rings. The third-order valence-electron chi connectivity index (χ3n) is 3.90. The van der Waals surface area contributed by atoms with E-state index in [0.717, 1.165) is 5.56 Å². The predicted octanol–water partition coefficient (Wildman–Crippen LogP) is 2.31. The van der Waals surface area contributed by atoms with E-state index in [1.807, 2.05) is 6.07 Å². The van der Waals surface area contributed by atoms with Crippen LogP contribution in [-0.2, 0) is 39.9 Å². The van der Waals surface area contributed by atoms with Gasteiger partial charge in [-0.05, 0) is 19.4 Å². The van der Waals surface area contributed by atoms with Crippen LogP contribution in [0.5, 0.6) is 0 Å². The van der Waals surface area contributed by atoms with Crippen LogP contribution >= 0.6 is 0 Å². The number of alkyl halides is 3. The van der Waals surface area contributed by atoms with Crippen LogP contribution in [0.25, 0.3) is 0 Å². The molecular weight excluding hydrogens is 393 g/mol. The molecule has 1 aromatic carbocycles. The summed E-state index contributed by atoms with van der Waals surface area (Å²) in [6.07, 6.45) is -4.46. The highest BCUT2D eigenvalue weighted by atomic mass is 32.2. The number of benzene rings is 1. The summed E-state index contributed by atoms with van der Waals surface area (Å²) >= 11 is 0. The standard InChI is InChI=1S/C16H19F3O7S/c1-15(2)25-12-11(9-23-27(20,21)16(17,18)19)24-14(13(12)26-15)22-8-10-6-4-3-5-7-10/h3-7,11-14H,8-9H2,1-2H3/t11-,12+,13+,14+/m1/s1/i9D/t9?,11-,12+,13+,14+. The fourth-order valence-corrected chi connectivity index (χ4v) is 3.14. The van der Waals surface area contributed by atoms with Crippen molar-refractivity contribution < 1.29 is 46.1 Å². The fraction of sp³-hybridized carbons (Fsp3) is 0.625. The second-order valence-electron chi connectivity index (χ2n) is 6.46. The molecule has 2 heterocycles. The minimum Gasteiger partial charge on any atom is -0.345 e. The summed E-state index contributed by atoms with van der Waals surface area (Å²) in [7, 11) is -5.97. The number of hydrogen-bond acceptors (Lipinski definition) is 7. The van der Waals surface area contributed by atoms with E-state index in [-0.39, 0.29) is 6.61 Å². The first-order chi connectivity index (χ1) is 12.9. The maximum Gasteiger partial charge on any atom is 0.523 e. The average Bonchev–Trinajstić information content (AvgIpc) is 3.05. The molecule has 0 amide bonds. The van der Waals surface area contributed by atoms with Gasteiger partial charge in [-0.3, -0.25) is 4.18 Å². The van der Waals surface area contributed by atoms with Gasteiger partial charge in [0.25, 0.3) is 0 Å². The van der Waals surface area contributed by atoms with E-state index in [1.54, 1.807) is 38.1 Å². The molecule has 7 nitrogen and oxygen atoms in total. The highest BCUT2D eigenvalue weighted by molar-refractivity contribution is 7.87. The van der Waals surface area contributed by atoms with Crippen molar-refractivity contribution in [1.82, 2.24) is 0 Å². The van der Waals surface area contributed by atoms with Gasteiger partial charge in [-0.15, -0.1) is 0 Å². The highest BCUT2D eigenvalue weighted by Gasteiger charge is 2.57. The third-order valence-corrected chi connectivity index (χ3v) is 4.84. The molecule has 2 fully saturated rings. The van der Waals surface area contributed by atoms with Crippen LogP contribution in [0.3, 0.4) is 0 Å². The molecule has 27 heavy (non-hydrogen) atoms. The Labute approximate surface area is 155 Å². The van der Waals surface area contributed by atoms with Gasteiger partial charge in [0.1, 0.15) is 18.3 Å². The zero-order valence-corrected chi connectivity index (χ0v) is 15.2. The van der Waals surface area contributed by atoms with Crippen molar-refractivity contribution in [3.8, 4) is 0 Å². The topological polar surface area (TPSA) is 80.3 Å². The molecule has 0 aliphatic carbocycles. The summed E-state index contributed by atoms with van der Waals surface area (Å²) in [6.45, 7) is 1.03. The van der Waals surface area contributed by atoms with E-state index in [4.69, 9.17) is 20.3 Å². The maximum absolute atomic E-state index is 12.5. The maximum atomic E-state index is 12.5. The molecule has 152 valence electrons. The Morgan fingerprint density at radius 2 is 1.81 bits per heavy atom. The van der Waals surface area contributed by atoms with Gasteiger partial charge in [0.15, 0.2) is 12.1 Å². The summed E-state index contributed by atoms with van der Waals surface area (Å²) in [6, 6.07) is 9.01. The lowest BCUT2D eigenvalue weighted by atomic mass is 10.1. The lowest BCUT2D eigenvalue weighted by Gasteiger charge is -2.24. The Balaban J connectivity index is 1.73. The number of fused-ring (bicyclic) bond motifs is 1. The summed E-state index contributed by atoms with van der Waals surface area (Å²) in [5.74, 6) is -1.12. The fourth-order valence-electron chi connectivity index (χ4n) is 2.77. The zero-order chi connectivity index (χ0) is 20.7. The normalized spacial score (nSPS) is 32.1. The largest absolute Gasteiger partial charge is 0.523 e. The van der Waals surface area contributed by atoms with Crippen LogP contribution in [0.4, 0.5) is 13.2 Å². The van der Waals surface area contributed by atoms with Crippen LogP contribution < -0.4 is 0 Å². The molecule has 0 radical (unpaired) electrons. The lowest BCUT2D eigenvalue weighted by molar-refractivity contribution is -0.238. The molecule has 0 bridgehead atoms. The van der Waals surface area contributed by atoms with Gasteiger partial charge in [-0.1, -0.05) is 30.3 Å². The number of rotatable bonds is 6. The summed E-state index contributed by atoms with van der Waals surface area (Å²) in [5, 5.41) is 0. The molecule has 0 N–H and O–H groups in total. The van der Waals surface area contributed by atoms with Crippen LogP contribution in [0.2, 0.25) is 0 Å². The van der Waals surface area contributed by atoms with Gasteiger partial charge in [0, 0.05) is 0 Å². The minimum absolute atomic E-state index is 0.107. The molecule has 11 heteroatoms. The molecule has 2 saturated heterocycles. The van der Waals surface area contributed by atoms with Gasteiger partial charge in [0.2, 0.25) is 0 Å². The summed E-state index contributed by atoms with van der Waals surface area (Å²) in [4.78, 5) is 0. The number of hydrogen-bond donors (Lipinski definition) is 0. The van der Waals surface area contributed by atoms with E-state index in [2.05, 4.69) is 4.18 Å². The Bertz CT molecular complexity index is 787. The van der Waals surface area contributed by atoms with Crippen molar-refractivity contribution in [2.75, 3.05) is 6.58 Å². The van der Waals surface area contributed by atoms with E-state index < -0.39 is 52.6 Å². The van der Waals surface area contributed by atoms with E-state index >= 15 is 0 Å². The van der Waals surface area contributed by atoms with Gasteiger partial charge in [-0.2, -0.15) is 21.6 Å². The first kappa shape index (κ1) is 19.1. The molecular formula is C16H19F3O7S. The van der Waals surface area contributed by atoms with Crippen molar-refractivity contribution in [3.63, 3.8) is 0 Å². The van der Waals surface area contributed by atoms with E-state index in [0.29, 0.717) is 0 Å². The van der Waals surface area contributed by atoms with E-state index in [1.165, 1.54) is 0 Å². The van der Waals surface area contributed by atoms with Gasteiger partial charge < -0.3 is 18.9 Å². The molecule has 1 aromatic rings. The van der Waals surface area contributed by atoms with Crippen molar-refractivity contribution in [2.24, 2.45) is 0 Å². The van der Waals surface area contributed by atoms with Gasteiger partial charge in [-0.25, -0.2) is 0 Å². The molecule has 0 saturated carbocycles. The average molecular weight is 413 g/mol. The SMILES string of the molecule is [2H]C(OS(=O)(=O)C(F)(F)F)[C@H]1O[C@H](OCc2ccccc2)[C@H]2OC(C)(C)O[C@H]21. The van der Waals surface area contributed by atoms with Crippen LogP contribution in [-0.4, -0.2) is 50.9 Å². The van der Waals surface area contributed by atoms with Crippen LogP contribution in [0.15, 0.2) is 30.3 Å². The molecule has 5 atom stereocenters. The molecule has 0 spiro atoms. The predicted molar refractivity (Wildman–Crippen MR) is 84.6 cm³/mol. The quantitative estimate of drug-likeness (QED) is 0.523. The molecule has 3 rings (SSSR count). The first-order valence-corrected chi connectivity index (χ1v) is 9.39. The molecule has 1 unspecified atom stereocenters. The zero-order valence-electron chi connectivity index (χ0n) is 15.4. The van der Waals surface area contributed by atoms with Crippen LogP contribution in [0, 0.1) is 0 Å². The summed E-state index contributed by atoms with van der Waals surface area (Å²) < 4.78 is 94.1. The minimum atomic E-state index is -5.97. The number of ether oxygens (including phenoxy) is 4. The van der Waals surface area contributed by atoms with Crippen molar-refractivity contribution in [1.29, 1.82) is 0 Å². The Kier molecular flexibility index (Phi) is 5.16. The van der Waals surface area contributed by atoms with Crippen molar-refractivity contribution in [2.45, 2.75) is 56.4 Å². The highest BCUT2D eigenvalue weighted by Crippen LogP contribution is 2.40. The Morgan fingerprint density at radius 3 is 2.44 bits per heavy atom. The Morgan fingerprint density at radius 1 is 1.19 bits per heavy atom. The van der Waals surface area contributed by atoms with Gasteiger partial charge in [0.05, 0.1) is 14.6 Å². The van der Waals surface area contributed by atoms with Crippen molar-refractivity contribution >= 4 is 10.1 Å². The second kappa shape index (κ2) is 7.30. The lowest BCUT2D eigenvalue weighted by Crippen LogP contribution is -2.36. The number of halogens is 3. The second-order valence-corrected chi connectivity index (χ2v) is 8.03. The van der Waals surface area contributed by atoms with Gasteiger partial charge >= 0.3 is 15.6 Å². The van der Waals surface area contributed by atoms with Crippen molar-refractivity contribution in [3.05, 3.63) is 35.9 Å². The molecule has 0 aromatic heterocycles. The first-order valence-electron chi connectivity index (χ1n) is 8.56. The van der Waals surface area contributed by atoms with E-state index in [9.17, 15) is 21.6 Å². The Hall–Kier alpha value is -1.24. The third kappa shape index (κ3) is 4.61. The molecule has 2 aliphatic heterocycles. The monoisotopic (exact) mass is 413 g/mol. The summed E-state index contributed by atoms with van der Waals surface area (Å²) in [5.41, 5.74) is -4.84.